The molecule has 0 aromatic carbocycles. The van der Waals surface area contributed by atoms with Crippen molar-refractivity contribution in [2.45, 2.75) is 39.5 Å². The molecule has 1 rings (SSSR count). The number of nitrogens with two attached hydrogens (primary N) is 1. The Hall–Kier alpha value is -0.570. The highest BCUT2D eigenvalue weighted by molar-refractivity contribution is 5.77. The van der Waals surface area contributed by atoms with Gasteiger partial charge in [-0.1, -0.05) is 13.8 Å². The molecule has 0 aromatic heterocycles. The highest BCUT2D eigenvalue weighted by Gasteiger charge is 2.35. The standard InChI is InChI=1S/C12H24N2O/c1-10(2)7-12(9-13)5-4-6-14(3)11(15)8-12/h10H,4-9,13H2,1-3H3. The zero-order valence-electron chi connectivity index (χ0n) is 10.3. The molecule has 3 heteroatoms. The van der Waals surface area contributed by atoms with E-state index < -0.39 is 0 Å². The van der Waals surface area contributed by atoms with Gasteiger partial charge in [0.2, 0.25) is 5.91 Å². The average Bonchev–Trinajstić information content (AvgIpc) is 2.27. The zero-order chi connectivity index (χ0) is 11.5. The lowest BCUT2D eigenvalue weighted by Crippen LogP contribution is -2.35. The average molecular weight is 212 g/mol. The highest BCUT2D eigenvalue weighted by atomic mass is 16.2. The van der Waals surface area contributed by atoms with Gasteiger partial charge in [-0.2, -0.15) is 0 Å². The van der Waals surface area contributed by atoms with E-state index in [9.17, 15) is 4.79 Å². The van der Waals surface area contributed by atoms with Crippen LogP contribution in [-0.2, 0) is 4.79 Å². The topological polar surface area (TPSA) is 46.3 Å². The molecule has 1 atom stereocenters. The van der Waals surface area contributed by atoms with Crippen molar-refractivity contribution in [1.29, 1.82) is 0 Å². The maximum absolute atomic E-state index is 11.8. The van der Waals surface area contributed by atoms with Crippen molar-refractivity contribution in [3.63, 3.8) is 0 Å². The summed E-state index contributed by atoms with van der Waals surface area (Å²) in [7, 11) is 1.89. The summed E-state index contributed by atoms with van der Waals surface area (Å²) >= 11 is 0. The quantitative estimate of drug-likeness (QED) is 0.772. The molecule has 0 radical (unpaired) electrons. The minimum atomic E-state index is 0.0655. The van der Waals surface area contributed by atoms with Gasteiger partial charge in [-0.15, -0.1) is 0 Å². The number of rotatable bonds is 3. The molecule has 1 unspecified atom stereocenters. The van der Waals surface area contributed by atoms with E-state index >= 15 is 0 Å². The predicted molar refractivity (Wildman–Crippen MR) is 62.4 cm³/mol. The largest absolute Gasteiger partial charge is 0.346 e. The lowest BCUT2D eigenvalue weighted by molar-refractivity contribution is -0.131. The molecule has 1 heterocycles. The number of carbonyl (C=O) groups excluding carboxylic acids is 1. The van der Waals surface area contributed by atoms with E-state index in [1.165, 1.54) is 0 Å². The Morgan fingerprint density at radius 3 is 2.73 bits per heavy atom. The van der Waals surface area contributed by atoms with Gasteiger partial charge in [0, 0.05) is 20.0 Å². The zero-order valence-corrected chi connectivity index (χ0v) is 10.3. The van der Waals surface area contributed by atoms with E-state index in [0.29, 0.717) is 18.9 Å². The van der Waals surface area contributed by atoms with Gasteiger partial charge in [-0.3, -0.25) is 4.79 Å². The Kier molecular flexibility index (Phi) is 4.14. The minimum Gasteiger partial charge on any atom is -0.346 e. The van der Waals surface area contributed by atoms with Crippen LogP contribution in [0.2, 0.25) is 0 Å². The Morgan fingerprint density at radius 1 is 1.53 bits per heavy atom. The predicted octanol–water partition coefficient (Wildman–Crippen LogP) is 1.62. The Bertz CT molecular complexity index is 228. The van der Waals surface area contributed by atoms with Crippen LogP contribution >= 0.6 is 0 Å². The van der Waals surface area contributed by atoms with Crippen molar-refractivity contribution in [3.05, 3.63) is 0 Å². The summed E-state index contributed by atoms with van der Waals surface area (Å²) in [6, 6.07) is 0. The Morgan fingerprint density at radius 2 is 2.20 bits per heavy atom. The van der Waals surface area contributed by atoms with Crippen LogP contribution in [0.5, 0.6) is 0 Å². The molecule has 0 spiro atoms. The molecule has 1 saturated heterocycles. The van der Waals surface area contributed by atoms with E-state index in [1.807, 2.05) is 11.9 Å². The van der Waals surface area contributed by atoms with Gasteiger partial charge in [0.15, 0.2) is 0 Å². The van der Waals surface area contributed by atoms with Crippen LogP contribution in [0.15, 0.2) is 0 Å². The van der Waals surface area contributed by atoms with Crippen LogP contribution in [0, 0.1) is 11.3 Å². The highest BCUT2D eigenvalue weighted by Crippen LogP contribution is 2.36. The third kappa shape index (κ3) is 3.20. The minimum absolute atomic E-state index is 0.0655. The molecule has 1 fully saturated rings. The van der Waals surface area contributed by atoms with Gasteiger partial charge in [0.05, 0.1) is 0 Å². The summed E-state index contributed by atoms with van der Waals surface area (Å²) in [4.78, 5) is 13.7. The van der Waals surface area contributed by atoms with E-state index in [1.54, 1.807) is 0 Å². The van der Waals surface area contributed by atoms with Gasteiger partial charge >= 0.3 is 0 Å². The number of amides is 1. The number of hydrogen-bond donors (Lipinski definition) is 1. The first kappa shape index (κ1) is 12.5. The van der Waals surface area contributed by atoms with Crippen molar-refractivity contribution < 1.29 is 4.79 Å². The van der Waals surface area contributed by atoms with Crippen molar-refractivity contribution >= 4 is 5.91 Å². The lowest BCUT2D eigenvalue weighted by atomic mass is 9.74. The maximum Gasteiger partial charge on any atom is 0.222 e. The summed E-state index contributed by atoms with van der Waals surface area (Å²) in [5.74, 6) is 0.878. The van der Waals surface area contributed by atoms with Crippen LogP contribution in [0.1, 0.15) is 39.5 Å². The molecule has 1 amide bonds. The number of likely N-dealkylation sites (tertiary alicyclic amines) is 1. The fourth-order valence-corrected chi connectivity index (χ4v) is 2.66. The maximum atomic E-state index is 11.8. The van der Waals surface area contributed by atoms with Gasteiger partial charge in [0.1, 0.15) is 0 Å². The first-order valence-electron chi connectivity index (χ1n) is 5.93. The molecule has 0 bridgehead atoms. The smallest absolute Gasteiger partial charge is 0.222 e. The van der Waals surface area contributed by atoms with Crippen molar-refractivity contribution in [3.8, 4) is 0 Å². The van der Waals surface area contributed by atoms with Crippen molar-refractivity contribution in [2.75, 3.05) is 20.1 Å². The van der Waals surface area contributed by atoms with Gasteiger partial charge < -0.3 is 10.6 Å². The van der Waals surface area contributed by atoms with Gasteiger partial charge in [-0.05, 0) is 37.1 Å². The molecule has 1 aliphatic heterocycles. The molecule has 1 aliphatic rings. The first-order valence-corrected chi connectivity index (χ1v) is 5.93. The van der Waals surface area contributed by atoms with E-state index in [0.717, 1.165) is 25.8 Å². The summed E-state index contributed by atoms with van der Waals surface area (Å²) in [5, 5.41) is 0. The van der Waals surface area contributed by atoms with Crippen LogP contribution < -0.4 is 5.73 Å². The van der Waals surface area contributed by atoms with Crippen LogP contribution in [-0.4, -0.2) is 30.9 Å². The van der Waals surface area contributed by atoms with Crippen LogP contribution in [0.3, 0.4) is 0 Å². The second-order valence-corrected chi connectivity index (χ2v) is 5.40. The third-order valence-electron chi connectivity index (χ3n) is 3.43. The summed E-state index contributed by atoms with van der Waals surface area (Å²) in [6.45, 7) is 5.94. The molecular formula is C12H24N2O. The molecule has 2 N–H and O–H groups in total. The Balaban J connectivity index is 2.74. The molecule has 3 nitrogen and oxygen atoms in total. The van der Waals surface area contributed by atoms with Crippen molar-refractivity contribution in [2.24, 2.45) is 17.1 Å². The van der Waals surface area contributed by atoms with Crippen LogP contribution in [0.25, 0.3) is 0 Å². The molecule has 88 valence electrons. The normalized spacial score (nSPS) is 28.3. The lowest BCUT2D eigenvalue weighted by Gasteiger charge is -2.32. The Labute approximate surface area is 93.0 Å². The fourth-order valence-electron chi connectivity index (χ4n) is 2.66. The monoisotopic (exact) mass is 212 g/mol. The van der Waals surface area contributed by atoms with Gasteiger partial charge in [0.25, 0.3) is 0 Å². The number of carbonyl (C=O) groups is 1. The summed E-state index contributed by atoms with van der Waals surface area (Å²) in [6.07, 6.45) is 3.89. The van der Waals surface area contributed by atoms with E-state index in [-0.39, 0.29) is 11.3 Å². The second-order valence-electron chi connectivity index (χ2n) is 5.40. The fraction of sp³-hybridized carbons (Fsp3) is 0.917. The number of nitrogens with zero attached hydrogens (tertiary/aromatic N) is 1. The van der Waals surface area contributed by atoms with E-state index in [2.05, 4.69) is 13.8 Å². The molecular weight excluding hydrogens is 188 g/mol. The molecule has 0 saturated carbocycles. The molecule has 0 aromatic rings. The molecule has 15 heavy (non-hydrogen) atoms. The van der Waals surface area contributed by atoms with Crippen molar-refractivity contribution in [1.82, 2.24) is 4.90 Å². The second kappa shape index (κ2) is 4.97. The summed E-state index contributed by atoms with van der Waals surface area (Å²) in [5.41, 5.74) is 5.96. The SMILES string of the molecule is CC(C)CC1(CN)CCCN(C)C(=O)C1. The number of hydrogen-bond acceptors (Lipinski definition) is 2. The van der Waals surface area contributed by atoms with Gasteiger partial charge in [-0.25, -0.2) is 0 Å². The summed E-state index contributed by atoms with van der Waals surface area (Å²) < 4.78 is 0. The van der Waals surface area contributed by atoms with Crippen LogP contribution in [0.4, 0.5) is 0 Å². The first-order chi connectivity index (χ1) is 6.99. The van der Waals surface area contributed by atoms with E-state index in [4.69, 9.17) is 5.73 Å². The molecule has 0 aliphatic carbocycles. The third-order valence-corrected chi connectivity index (χ3v) is 3.43.